The first-order chi connectivity index (χ1) is 3.80. The molecule has 55 valence electrons. The molecule has 0 amide bonds. The monoisotopic (exact) mass is 177 g/mol. The molecule has 1 aliphatic heterocycles. The zero-order chi connectivity index (χ0) is 5.98. The zero-order valence-electron chi connectivity index (χ0n) is 4.82. The molecule has 4 heteroatoms. The van der Waals surface area contributed by atoms with Crippen molar-refractivity contribution in [2.24, 2.45) is 0 Å². The van der Waals surface area contributed by atoms with Gasteiger partial charge in [-0.1, -0.05) is 0 Å². The molecule has 0 bridgehead atoms. The number of nitrogens with one attached hydrogen (secondary N) is 1. The summed E-state index contributed by atoms with van der Waals surface area (Å²) in [4.78, 5) is 10.0. The molecule has 0 aromatic rings. The summed E-state index contributed by atoms with van der Waals surface area (Å²) in [6, 6.07) is -0.380. The van der Waals surface area contributed by atoms with Crippen LogP contribution < -0.4 is 10.4 Å². The van der Waals surface area contributed by atoms with Crippen LogP contribution in [-0.2, 0) is 21.9 Å². The summed E-state index contributed by atoms with van der Waals surface area (Å²) >= 11 is 0. The van der Waals surface area contributed by atoms with Gasteiger partial charge in [-0.3, -0.25) is 0 Å². The predicted octanol–water partition coefficient (Wildman–Crippen LogP) is -1.51. The quantitative estimate of drug-likeness (QED) is 0.496. The molecule has 0 saturated carbocycles. The molecular formula is C5H8CuNO2+. The minimum absolute atomic E-state index is 0. The van der Waals surface area contributed by atoms with Gasteiger partial charge in [0.05, 0.1) is 5.97 Å². The molecule has 1 rings (SSSR count). The fourth-order valence-electron chi connectivity index (χ4n) is 0.886. The number of hydrogen-bond acceptors (Lipinski definition) is 3. The molecule has 1 aliphatic rings. The second kappa shape index (κ2) is 3.88. The Morgan fingerprint density at radius 1 is 1.67 bits per heavy atom. The Morgan fingerprint density at radius 3 is 2.56 bits per heavy atom. The first kappa shape index (κ1) is 8.95. The van der Waals surface area contributed by atoms with Crippen LogP contribution in [-0.4, -0.2) is 18.6 Å². The van der Waals surface area contributed by atoms with Crippen LogP contribution in [0.5, 0.6) is 0 Å². The number of carbonyl (C=O) groups excluding carboxylic acids is 1. The van der Waals surface area contributed by atoms with Crippen LogP contribution in [0.1, 0.15) is 12.8 Å². The Hall–Kier alpha value is -0.0505. The van der Waals surface area contributed by atoms with Gasteiger partial charge in [-0.05, 0) is 19.4 Å². The van der Waals surface area contributed by atoms with E-state index < -0.39 is 5.97 Å². The van der Waals surface area contributed by atoms with Gasteiger partial charge < -0.3 is 15.2 Å². The number of carboxylic acids is 1. The van der Waals surface area contributed by atoms with Gasteiger partial charge in [-0.15, -0.1) is 0 Å². The van der Waals surface area contributed by atoms with Crippen molar-refractivity contribution in [3.8, 4) is 0 Å². The zero-order valence-corrected chi connectivity index (χ0v) is 5.76. The van der Waals surface area contributed by atoms with Gasteiger partial charge in [-0.2, -0.15) is 0 Å². The van der Waals surface area contributed by atoms with E-state index in [9.17, 15) is 9.90 Å². The maximum absolute atomic E-state index is 10.0. The standard InChI is InChI=1S/C5H9NO2.Cu/c7-5(8)4-2-1-3-6-4;/h4,6H,1-3H2,(H,7,8);/q;+2/p-1/t4-;/m0./s1. The van der Waals surface area contributed by atoms with Gasteiger partial charge in [0.25, 0.3) is 0 Å². The average Bonchev–Trinajstić information content (AvgIpc) is 2.12. The van der Waals surface area contributed by atoms with Crippen LogP contribution in [0.3, 0.4) is 0 Å². The van der Waals surface area contributed by atoms with E-state index in [0.29, 0.717) is 0 Å². The van der Waals surface area contributed by atoms with E-state index in [0.717, 1.165) is 19.4 Å². The molecule has 0 aromatic heterocycles. The average molecular weight is 178 g/mol. The van der Waals surface area contributed by atoms with Crippen LogP contribution in [0.15, 0.2) is 0 Å². The Balaban J connectivity index is 0.000000640. The van der Waals surface area contributed by atoms with E-state index in [1.807, 2.05) is 0 Å². The summed E-state index contributed by atoms with van der Waals surface area (Å²) in [5, 5.41) is 12.8. The molecule has 0 unspecified atom stereocenters. The Labute approximate surface area is 64.3 Å². The first-order valence-corrected chi connectivity index (χ1v) is 2.75. The smallest absolute Gasteiger partial charge is 0.548 e. The number of carbonyl (C=O) groups is 1. The van der Waals surface area contributed by atoms with Crippen molar-refractivity contribution >= 4 is 5.97 Å². The van der Waals surface area contributed by atoms with Gasteiger partial charge in [0.2, 0.25) is 0 Å². The number of aliphatic carboxylic acids is 1. The molecule has 1 fully saturated rings. The SMILES string of the molecule is O=C([O-])[C@@H]1CCCN1.[Cu+2]. The number of carboxylic acid groups (broad SMARTS) is 1. The third kappa shape index (κ3) is 2.35. The van der Waals surface area contributed by atoms with Gasteiger partial charge >= 0.3 is 17.1 Å². The van der Waals surface area contributed by atoms with E-state index in [1.165, 1.54) is 0 Å². The molecule has 1 radical (unpaired) electrons. The summed E-state index contributed by atoms with van der Waals surface area (Å²) in [5.41, 5.74) is 0. The molecule has 0 aromatic carbocycles. The van der Waals surface area contributed by atoms with Crippen molar-refractivity contribution in [2.45, 2.75) is 18.9 Å². The van der Waals surface area contributed by atoms with Gasteiger partial charge in [0.15, 0.2) is 0 Å². The molecular weight excluding hydrogens is 170 g/mol. The van der Waals surface area contributed by atoms with Crippen molar-refractivity contribution < 1.29 is 27.0 Å². The number of rotatable bonds is 1. The summed E-state index contributed by atoms with van der Waals surface area (Å²) < 4.78 is 0. The van der Waals surface area contributed by atoms with Crippen LogP contribution in [0.25, 0.3) is 0 Å². The maximum Gasteiger partial charge on any atom is 2.00 e. The third-order valence-corrected chi connectivity index (χ3v) is 1.34. The van der Waals surface area contributed by atoms with Crippen LogP contribution in [0.4, 0.5) is 0 Å². The van der Waals surface area contributed by atoms with Crippen LogP contribution in [0.2, 0.25) is 0 Å². The van der Waals surface area contributed by atoms with E-state index >= 15 is 0 Å². The Kier molecular flexibility index (Phi) is 3.86. The van der Waals surface area contributed by atoms with E-state index in [2.05, 4.69) is 5.32 Å². The summed E-state index contributed by atoms with van der Waals surface area (Å²) in [7, 11) is 0. The second-order valence-electron chi connectivity index (χ2n) is 1.97. The number of hydrogen-bond donors (Lipinski definition) is 1. The maximum atomic E-state index is 10.0. The second-order valence-corrected chi connectivity index (χ2v) is 1.97. The molecule has 1 atom stereocenters. The van der Waals surface area contributed by atoms with Crippen LogP contribution in [0, 0.1) is 0 Å². The van der Waals surface area contributed by atoms with Crippen molar-refractivity contribution in [3.05, 3.63) is 0 Å². The van der Waals surface area contributed by atoms with Gasteiger partial charge in [-0.25, -0.2) is 0 Å². The van der Waals surface area contributed by atoms with Crippen molar-refractivity contribution in [1.82, 2.24) is 5.32 Å². The predicted molar refractivity (Wildman–Crippen MR) is 26.0 cm³/mol. The minimum Gasteiger partial charge on any atom is -0.548 e. The van der Waals surface area contributed by atoms with Gasteiger partial charge in [0, 0.05) is 6.04 Å². The first-order valence-electron chi connectivity index (χ1n) is 2.75. The molecule has 1 saturated heterocycles. The fraction of sp³-hybridized carbons (Fsp3) is 0.800. The molecule has 0 spiro atoms. The van der Waals surface area contributed by atoms with Crippen molar-refractivity contribution in [1.29, 1.82) is 0 Å². The third-order valence-electron chi connectivity index (χ3n) is 1.34. The molecule has 9 heavy (non-hydrogen) atoms. The Bertz CT molecular complexity index is 101. The van der Waals surface area contributed by atoms with Crippen LogP contribution >= 0.6 is 0 Å². The Morgan fingerprint density at radius 2 is 2.33 bits per heavy atom. The summed E-state index contributed by atoms with van der Waals surface area (Å²) in [6.45, 7) is 0.818. The normalized spacial score (nSPS) is 25.1. The summed E-state index contributed by atoms with van der Waals surface area (Å²) in [5.74, 6) is -0.970. The molecule has 3 nitrogen and oxygen atoms in total. The molecule has 1 N–H and O–H groups in total. The van der Waals surface area contributed by atoms with Gasteiger partial charge in [0.1, 0.15) is 0 Å². The largest absolute Gasteiger partial charge is 2.00 e. The van der Waals surface area contributed by atoms with Crippen molar-refractivity contribution in [3.63, 3.8) is 0 Å². The fourth-order valence-corrected chi connectivity index (χ4v) is 0.886. The topological polar surface area (TPSA) is 52.2 Å². The molecule has 1 heterocycles. The molecule has 0 aliphatic carbocycles. The van der Waals surface area contributed by atoms with E-state index in [1.54, 1.807) is 0 Å². The van der Waals surface area contributed by atoms with E-state index in [4.69, 9.17) is 0 Å². The van der Waals surface area contributed by atoms with E-state index in [-0.39, 0.29) is 23.1 Å². The summed E-state index contributed by atoms with van der Waals surface area (Å²) in [6.07, 6.45) is 1.68. The minimum atomic E-state index is -0.970. The van der Waals surface area contributed by atoms with Crippen molar-refractivity contribution in [2.75, 3.05) is 6.54 Å².